The SMILES string of the molecule is CC#N.CC#N.CN(C)C=O.CN(C)C=O.CN(C)C=O.CN(C)C=O.O=C(Oc1ccc2cc(OC(=O)c3cc4cc(c3)Oc3nc(Cl)nc(n3)Oc3cccc(c3)Oc3nc(Cl)nc(n3)O4)ccc2c1)c1cc2cc(c1)Oc1nc(Cl)nc(n1)Oc1cccc(c1)Oc1nc(Cl)nc(n1)O2. The largest absolute Gasteiger partial charge is 0.424 e. The summed E-state index contributed by atoms with van der Waals surface area (Å²) in [5.41, 5.74) is -0.131. The summed E-state index contributed by atoms with van der Waals surface area (Å²) in [5.74, 6) is -0.469. The number of ether oxygens (including phenoxy) is 10. The maximum Gasteiger partial charge on any atom is 0.343 e. The minimum Gasteiger partial charge on any atom is -0.424 e. The van der Waals surface area contributed by atoms with Crippen LogP contribution in [-0.4, -0.2) is 173 Å². The second-order valence-corrected chi connectivity index (χ2v) is 21.4. The van der Waals surface area contributed by atoms with E-state index in [9.17, 15) is 28.8 Å². The van der Waals surface area contributed by atoms with E-state index in [1.54, 1.807) is 129 Å². The minimum atomic E-state index is -0.845. The van der Waals surface area contributed by atoms with E-state index in [2.05, 4.69) is 59.8 Å². The van der Waals surface area contributed by atoms with E-state index in [4.69, 9.17) is 104 Å². The number of fused-ring (bicyclic) bond motifs is 17. The molecule has 0 N–H and O–H groups in total. The number of esters is 2. The van der Waals surface area contributed by atoms with Gasteiger partial charge in [0, 0.05) is 94.5 Å². The van der Waals surface area contributed by atoms with Crippen LogP contribution in [-0.2, 0) is 19.2 Å². The molecule has 0 atom stereocenters. The second kappa shape index (κ2) is 38.8. The van der Waals surface area contributed by atoms with Gasteiger partial charge in [0.05, 0.1) is 23.3 Å². The van der Waals surface area contributed by atoms with Gasteiger partial charge >= 0.3 is 60.0 Å². The molecule has 0 fully saturated rings. The molecule has 0 unspecified atom stereocenters. The van der Waals surface area contributed by atoms with Crippen molar-refractivity contribution in [2.24, 2.45) is 0 Å². The van der Waals surface area contributed by atoms with Crippen LogP contribution in [0.25, 0.3) is 10.8 Å². The summed E-state index contributed by atoms with van der Waals surface area (Å²) < 4.78 is 58.6. The van der Waals surface area contributed by atoms with Crippen LogP contribution < -0.4 is 47.4 Å². The number of hydrogen-bond donors (Lipinski definition) is 0. The van der Waals surface area contributed by atoms with E-state index in [1.165, 1.54) is 94.1 Å². The first kappa shape index (κ1) is 78.0. The molecule has 12 rings (SSSR count). The van der Waals surface area contributed by atoms with Crippen molar-refractivity contribution in [3.05, 3.63) is 154 Å². The topological polar surface area (TPSA) is 410 Å². The lowest BCUT2D eigenvalue weighted by atomic mass is 10.1. The Kier molecular flexibility index (Phi) is 29.7. The Balaban J connectivity index is 0.000000543. The Morgan fingerprint density at radius 2 is 0.539 bits per heavy atom. The number of rotatable bonds is 8. The number of amides is 4. The quantitative estimate of drug-likeness (QED) is 0.0774. The molecule has 0 radical (unpaired) electrons. The normalized spacial score (nSPS) is 10.5. The maximum absolute atomic E-state index is 13.9. The van der Waals surface area contributed by atoms with Gasteiger partial charge in [0.15, 0.2) is 0 Å². The van der Waals surface area contributed by atoms with Gasteiger partial charge in [-0.25, -0.2) is 9.59 Å². The van der Waals surface area contributed by atoms with E-state index in [1.807, 2.05) is 0 Å². The summed E-state index contributed by atoms with van der Waals surface area (Å²) >= 11 is 24.8. The van der Waals surface area contributed by atoms with Crippen molar-refractivity contribution in [3.63, 3.8) is 0 Å². The Hall–Kier alpha value is -13.0. The van der Waals surface area contributed by atoms with Crippen LogP contribution in [0.5, 0.6) is 106 Å². The first-order chi connectivity index (χ1) is 48.8. The molecule has 34 nitrogen and oxygen atoms in total. The van der Waals surface area contributed by atoms with Crippen LogP contribution in [0.4, 0.5) is 0 Å². The molecule has 0 saturated carbocycles. The van der Waals surface area contributed by atoms with Gasteiger partial charge in [-0.05, 0) is 130 Å². The molecule has 6 aromatic carbocycles. The van der Waals surface area contributed by atoms with E-state index in [0.29, 0.717) is 10.8 Å². The fraction of sp³-hybridized carbons (Fsp3) is 0.156. The lowest BCUT2D eigenvalue weighted by molar-refractivity contribution is -0.116. The lowest BCUT2D eigenvalue weighted by Crippen LogP contribution is -2.10. The molecule has 102 heavy (non-hydrogen) atoms. The highest BCUT2D eigenvalue weighted by atomic mass is 35.5. The summed E-state index contributed by atoms with van der Waals surface area (Å²) in [6, 6.07) is 31.8. The summed E-state index contributed by atoms with van der Waals surface area (Å²) in [7, 11) is 13.5. The predicted molar refractivity (Wildman–Crippen MR) is 361 cm³/mol. The van der Waals surface area contributed by atoms with Crippen LogP contribution >= 0.6 is 46.4 Å². The summed E-state index contributed by atoms with van der Waals surface area (Å²) in [5, 5.41) is 14.8. The summed E-state index contributed by atoms with van der Waals surface area (Å²) in [6.07, 6.45) is 3.00. The monoisotopic (exact) mass is 1470 g/mol. The van der Waals surface area contributed by atoms with Crippen LogP contribution in [0, 0.1) is 22.7 Å². The van der Waals surface area contributed by atoms with Crippen LogP contribution in [0.3, 0.4) is 0 Å². The molecule has 4 amide bonds. The number of halogens is 4. The Morgan fingerprint density at radius 3 is 0.745 bits per heavy atom. The maximum atomic E-state index is 13.9. The molecule has 16 bridgehead atoms. The zero-order chi connectivity index (χ0) is 74.4. The zero-order valence-electron chi connectivity index (χ0n) is 55.0. The predicted octanol–water partition coefficient (Wildman–Crippen LogP) is 11.5. The number of benzene rings is 6. The molecule has 0 spiro atoms. The highest BCUT2D eigenvalue weighted by molar-refractivity contribution is 6.29. The van der Waals surface area contributed by atoms with Gasteiger partial charge < -0.3 is 67.0 Å². The fourth-order valence-corrected chi connectivity index (χ4v) is 7.52. The van der Waals surface area contributed by atoms with Crippen molar-refractivity contribution in [1.82, 2.24) is 79.4 Å². The number of aromatic nitrogens is 12. The molecule has 0 saturated heterocycles. The average molecular weight is 1470 g/mol. The van der Waals surface area contributed by atoms with Crippen molar-refractivity contribution < 1.29 is 76.1 Å². The molecule has 6 heterocycles. The highest BCUT2D eigenvalue weighted by Crippen LogP contribution is 2.37. The Labute approximate surface area is 599 Å². The van der Waals surface area contributed by atoms with Gasteiger partial charge in [-0.1, -0.05) is 24.3 Å². The number of carbonyl (C=O) groups excluding carboxylic acids is 6. The third-order valence-electron chi connectivity index (χ3n) is 10.8. The standard InChI is InChI=1S/C48H20Cl4N12O12.4C3H7NO.2C2H3N/c49-37-53-41-61-45(57-37)73-31-13-23(14-32(19-31)74-46-58-38(50)54-42(62-46)70-26-4-1-3-25(17-26)69-41)35(65)67-29-9-7-22-12-30(10-8-21(22)11-29)68-36(66)24-15-33-20-34(16-24)76-48-60-40(52)56-44(64-48)72-28-6-2-5-27(18-28)71-43-55-39(51)59-47(63-43)75-33;4*1-4(2)3-5;2*1-2-3/h1-20H;4*3H,1-2H3;2*1H3. The van der Waals surface area contributed by atoms with Crippen molar-refractivity contribution in [1.29, 1.82) is 10.5 Å². The van der Waals surface area contributed by atoms with Gasteiger partial charge in [0.1, 0.15) is 57.5 Å². The number of nitrogens with zero attached hydrogens (tertiary/aromatic N) is 18. The van der Waals surface area contributed by atoms with E-state index in [0.717, 1.165) is 25.6 Å². The number of hydrogen-bond acceptors (Lipinski definition) is 30. The smallest absolute Gasteiger partial charge is 0.343 e. The molecule has 4 aromatic heterocycles. The average Bonchev–Trinajstić information content (AvgIpc) is 0.817. The van der Waals surface area contributed by atoms with E-state index in [-0.39, 0.29) is 138 Å². The molecule has 38 heteroatoms. The Bertz CT molecular complexity index is 4210. The van der Waals surface area contributed by atoms with Gasteiger partial charge in [-0.2, -0.15) is 50.4 Å². The van der Waals surface area contributed by atoms with Gasteiger partial charge in [-0.3, -0.25) is 19.2 Å². The third kappa shape index (κ3) is 26.1. The van der Waals surface area contributed by atoms with Crippen molar-refractivity contribution in [3.8, 4) is 118 Å². The van der Waals surface area contributed by atoms with E-state index >= 15 is 0 Å². The van der Waals surface area contributed by atoms with Crippen molar-refractivity contribution in [2.45, 2.75) is 13.8 Å². The first-order valence-electron chi connectivity index (χ1n) is 28.4. The molecule has 10 aromatic rings. The summed E-state index contributed by atoms with van der Waals surface area (Å²) in [4.78, 5) is 120. The zero-order valence-corrected chi connectivity index (χ0v) is 58.0. The highest BCUT2D eigenvalue weighted by Gasteiger charge is 2.22. The summed E-state index contributed by atoms with van der Waals surface area (Å²) in [6.45, 7) is 2.86. The van der Waals surface area contributed by atoms with Crippen LogP contribution in [0.1, 0.15) is 34.6 Å². The van der Waals surface area contributed by atoms with Crippen LogP contribution in [0.15, 0.2) is 121 Å². The third-order valence-corrected chi connectivity index (χ3v) is 11.5. The first-order valence-corrected chi connectivity index (χ1v) is 30.0. The van der Waals surface area contributed by atoms with Crippen molar-refractivity contribution >= 4 is 94.8 Å². The van der Waals surface area contributed by atoms with Crippen molar-refractivity contribution in [2.75, 3.05) is 56.4 Å². The molecule has 2 aliphatic rings. The number of carbonyl (C=O) groups is 6. The molecule has 0 aliphatic carbocycles. The van der Waals surface area contributed by atoms with E-state index < -0.39 is 11.9 Å². The minimum absolute atomic E-state index is 0.0116. The fourth-order valence-electron chi connectivity index (χ4n) is 6.95. The molecular formula is C64H54Cl4N18O16. The molecule has 2 aliphatic heterocycles. The Morgan fingerprint density at radius 1 is 0.343 bits per heavy atom. The lowest BCUT2D eigenvalue weighted by Gasteiger charge is -2.13. The van der Waals surface area contributed by atoms with Crippen LogP contribution in [0.2, 0.25) is 21.1 Å². The molecular weight excluding hydrogens is 1420 g/mol. The number of nitriles is 2. The van der Waals surface area contributed by atoms with Gasteiger partial charge in [0.25, 0.3) is 0 Å². The van der Waals surface area contributed by atoms with Gasteiger partial charge in [-0.15, -0.1) is 19.9 Å². The van der Waals surface area contributed by atoms with Gasteiger partial charge in [0.2, 0.25) is 46.8 Å². The molecule has 524 valence electrons. The second-order valence-electron chi connectivity index (χ2n) is 20.0.